The van der Waals surface area contributed by atoms with Gasteiger partial charge in [0, 0.05) is 38.1 Å². The van der Waals surface area contributed by atoms with Crippen LogP contribution in [0.2, 0.25) is 0 Å². The van der Waals surface area contributed by atoms with Crippen LogP contribution in [0.5, 0.6) is 0 Å². The normalized spacial score (nSPS) is 10.6. The Morgan fingerprint density at radius 2 is 2.15 bits per heavy atom. The molecule has 2 aromatic heterocycles. The van der Waals surface area contributed by atoms with E-state index in [1.54, 1.807) is 4.68 Å². The summed E-state index contributed by atoms with van der Waals surface area (Å²) in [6, 6.07) is 2.00. The molecular weight excluding hydrogens is 270 g/mol. The molecule has 0 fully saturated rings. The third-order valence-corrected chi connectivity index (χ3v) is 3.32. The Hall–Kier alpha value is -1.95. The quantitative estimate of drug-likeness (QED) is 0.868. The van der Waals surface area contributed by atoms with Gasteiger partial charge in [0.15, 0.2) is 0 Å². The minimum absolute atomic E-state index is 0.378. The van der Waals surface area contributed by atoms with Gasteiger partial charge in [-0.1, -0.05) is 12.2 Å². The minimum atomic E-state index is 0.378. The zero-order valence-electron chi connectivity index (χ0n) is 12.2. The first-order chi connectivity index (χ1) is 9.38. The summed E-state index contributed by atoms with van der Waals surface area (Å²) >= 11 is 5.16. The second kappa shape index (κ2) is 5.58. The molecule has 2 rings (SSSR count). The van der Waals surface area contributed by atoms with Crippen LogP contribution in [0.25, 0.3) is 0 Å². The van der Waals surface area contributed by atoms with Crippen LogP contribution < -0.4 is 10.6 Å². The summed E-state index contributed by atoms with van der Waals surface area (Å²) < 4.78 is 1.78. The van der Waals surface area contributed by atoms with Crippen molar-refractivity contribution in [3.05, 3.63) is 40.8 Å². The van der Waals surface area contributed by atoms with Crippen molar-refractivity contribution in [2.45, 2.75) is 20.4 Å². The molecule has 0 aliphatic rings. The summed E-state index contributed by atoms with van der Waals surface area (Å²) in [5.74, 6) is 0.818. The molecule has 20 heavy (non-hydrogen) atoms. The molecule has 0 saturated heterocycles. The van der Waals surface area contributed by atoms with Crippen LogP contribution in [0, 0.1) is 13.8 Å². The zero-order valence-corrected chi connectivity index (χ0v) is 13.0. The van der Waals surface area contributed by atoms with E-state index in [-0.39, 0.29) is 0 Å². The summed E-state index contributed by atoms with van der Waals surface area (Å²) in [6.07, 6.45) is 3.83. The van der Waals surface area contributed by atoms with E-state index in [0.29, 0.717) is 11.5 Å². The molecule has 0 unspecified atom stereocenters. The largest absolute Gasteiger partial charge is 0.389 e. The van der Waals surface area contributed by atoms with Gasteiger partial charge in [0.05, 0.1) is 11.8 Å². The molecule has 0 aliphatic carbocycles. The van der Waals surface area contributed by atoms with Crippen LogP contribution in [0.4, 0.5) is 5.82 Å². The fourth-order valence-electron chi connectivity index (χ4n) is 2.30. The van der Waals surface area contributed by atoms with Gasteiger partial charge in [0.25, 0.3) is 0 Å². The molecule has 6 heteroatoms. The van der Waals surface area contributed by atoms with Crippen molar-refractivity contribution >= 4 is 23.0 Å². The van der Waals surface area contributed by atoms with E-state index in [9.17, 15) is 0 Å². The highest BCUT2D eigenvalue weighted by molar-refractivity contribution is 7.80. The average molecular weight is 289 g/mol. The Bertz CT molecular complexity index is 647. The maximum absolute atomic E-state index is 5.85. The first kappa shape index (κ1) is 14.5. The predicted molar refractivity (Wildman–Crippen MR) is 84.9 cm³/mol. The third kappa shape index (κ3) is 2.96. The van der Waals surface area contributed by atoms with E-state index in [1.165, 1.54) is 0 Å². The van der Waals surface area contributed by atoms with Crippen molar-refractivity contribution in [3.8, 4) is 0 Å². The smallest absolute Gasteiger partial charge is 0.139 e. The lowest BCUT2D eigenvalue weighted by Gasteiger charge is -2.22. The number of pyridine rings is 1. The van der Waals surface area contributed by atoms with Crippen molar-refractivity contribution in [3.63, 3.8) is 0 Å². The second-order valence-electron chi connectivity index (χ2n) is 5.02. The molecule has 2 N–H and O–H groups in total. The van der Waals surface area contributed by atoms with Crippen LogP contribution in [-0.4, -0.2) is 26.8 Å². The van der Waals surface area contributed by atoms with Crippen LogP contribution in [0.3, 0.4) is 0 Å². The van der Waals surface area contributed by atoms with E-state index in [1.807, 2.05) is 51.3 Å². The molecule has 0 spiro atoms. The fraction of sp³-hybridized carbons (Fsp3) is 0.357. The number of aryl methyl sites for hydroxylation is 3. The Balaban J connectivity index is 2.38. The predicted octanol–water partition coefficient (Wildman–Crippen LogP) is 1.70. The second-order valence-corrected chi connectivity index (χ2v) is 5.46. The third-order valence-electron chi connectivity index (χ3n) is 3.11. The van der Waals surface area contributed by atoms with E-state index >= 15 is 0 Å². The van der Waals surface area contributed by atoms with Crippen LogP contribution >= 0.6 is 12.2 Å². The van der Waals surface area contributed by atoms with Gasteiger partial charge in [0.2, 0.25) is 0 Å². The van der Waals surface area contributed by atoms with Gasteiger partial charge in [-0.3, -0.25) is 4.68 Å². The first-order valence-corrected chi connectivity index (χ1v) is 6.76. The van der Waals surface area contributed by atoms with E-state index in [2.05, 4.69) is 10.1 Å². The summed E-state index contributed by atoms with van der Waals surface area (Å²) in [6.45, 7) is 4.68. The molecule has 0 aliphatic heterocycles. The maximum atomic E-state index is 5.85. The number of nitrogens with zero attached hydrogens (tertiary/aromatic N) is 4. The molecule has 2 aromatic rings. The summed E-state index contributed by atoms with van der Waals surface area (Å²) in [5.41, 5.74) is 9.82. The van der Waals surface area contributed by atoms with Gasteiger partial charge in [-0.05, 0) is 25.5 Å². The molecule has 5 nitrogen and oxygen atoms in total. The van der Waals surface area contributed by atoms with Gasteiger partial charge in [-0.2, -0.15) is 5.10 Å². The standard InChI is InChI=1S/C14H19N5S/c1-9-5-10(2)17-14(12(9)13(15)20)18(3)7-11-6-16-19(4)8-11/h5-6,8H,7H2,1-4H3,(H2,15,20). The van der Waals surface area contributed by atoms with Gasteiger partial charge >= 0.3 is 0 Å². The summed E-state index contributed by atoms with van der Waals surface area (Å²) in [4.78, 5) is 7.01. The summed E-state index contributed by atoms with van der Waals surface area (Å²) in [7, 11) is 3.88. The topological polar surface area (TPSA) is 60.0 Å². The molecule has 106 valence electrons. The van der Waals surface area contributed by atoms with Crippen molar-refractivity contribution in [1.82, 2.24) is 14.8 Å². The van der Waals surface area contributed by atoms with Crippen LogP contribution in [0.1, 0.15) is 22.4 Å². The minimum Gasteiger partial charge on any atom is -0.389 e. The van der Waals surface area contributed by atoms with Crippen LogP contribution in [0.15, 0.2) is 18.5 Å². The lowest BCUT2D eigenvalue weighted by molar-refractivity contribution is 0.766. The van der Waals surface area contributed by atoms with Crippen molar-refractivity contribution in [1.29, 1.82) is 0 Å². The first-order valence-electron chi connectivity index (χ1n) is 6.35. The molecule has 0 bridgehead atoms. The van der Waals surface area contributed by atoms with Gasteiger partial charge < -0.3 is 10.6 Å². The van der Waals surface area contributed by atoms with Gasteiger partial charge in [-0.25, -0.2) is 4.98 Å². The maximum Gasteiger partial charge on any atom is 0.139 e. The van der Waals surface area contributed by atoms with E-state index in [0.717, 1.165) is 28.2 Å². The number of nitrogens with two attached hydrogens (primary N) is 1. The lowest BCUT2D eigenvalue weighted by atomic mass is 10.1. The highest BCUT2D eigenvalue weighted by Crippen LogP contribution is 2.23. The number of anilines is 1. The Morgan fingerprint density at radius 3 is 2.70 bits per heavy atom. The summed E-state index contributed by atoms with van der Waals surface area (Å²) in [5, 5.41) is 4.18. The average Bonchev–Trinajstić information content (AvgIpc) is 2.72. The Kier molecular flexibility index (Phi) is 4.04. The molecule has 2 heterocycles. The molecular formula is C14H19N5S. The highest BCUT2D eigenvalue weighted by atomic mass is 32.1. The van der Waals surface area contributed by atoms with E-state index < -0.39 is 0 Å². The lowest BCUT2D eigenvalue weighted by Crippen LogP contribution is -2.24. The monoisotopic (exact) mass is 289 g/mol. The van der Waals surface area contributed by atoms with Gasteiger partial charge in [-0.15, -0.1) is 0 Å². The SMILES string of the molecule is Cc1cc(C)c(C(N)=S)c(N(C)Cc2cnn(C)c2)n1. The number of aromatic nitrogens is 3. The van der Waals surface area contributed by atoms with Crippen molar-refractivity contribution < 1.29 is 0 Å². The fourth-order valence-corrected chi connectivity index (χ4v) is 2.55. The number of hydrogen-bond acceptors (Lipinski definition) is 4. The van der Waals surface area contributed by atoms with E-state index in [4.69, 9.17) is 18.0 Å². The number of hydrogen-bond donors (Lipinski definition) is 1. The molecule has 0 aromatic carbocycles. The number of thiocarbonyl (C=S) groups is 1. The molecule has 0 atom stereocenters. The Labute approximate surface area is 124 Å². The molecule has 0 amide bonds. The Morgan fingerprint density at radius 1 is 1.45 bits per heavy atom. The zero-order chi connectivity index (χ0) is 14.9. The van der Waals surface area contributed by atoms with Crippen molar-refractivity contribution in [2.24, 2.45) is 12.8 Å². The van der Waals surface area contributed by atoms with Gasteiger partial charge in [0.1, 0.15) is 10.8 Å². The van der Waals surface area contributed by atoms with Crippen LogP contribution in [-0.2, 0) is 13.6 Å². The molecule has 0 saturated carbocycles. The van der Waals surface area contributed by atoms with Crippen molar-refractivity contribution in [2.75, 3.05) is 11.9 Å². The highest BCUT2D eigenvalue weighted by Gasteiger charge is 2.15. The molecule has 0 radical (unpaired) electrons. The number of rotatable bonds is 4.